The Bertz CT molecular complexity index is 576. The largest absolute Gasteiger partial charge is 0.398 e. The molecule has 1 aliphatic carbocycles. The van der Waals surface area contributed by atoms with E-state index in [1.807, 2.05) is 0 Å². The summed E-state index contributed by atoms with van der Waals surface area (Å²) in [6, 6.07) is 3.15. The van der Waals surface area contributed by atoms with Crippen molar-refractivity contribution >= 4 is 16.1 Å². The Morgan fingerprint density at radius 1 is 1.37 bits per heavy atom. The van der Waals surface area contributed by atoms with E-state index >= 15 is 0 Å². The first-order valence-corrected chi connectivity index (χ1v) is 7.11. The minimum absolute atomic E-state index is 0.0752. The minimum Gasteiger partial charge on any atom is -0.398 e. The lowest BCUT2D eigenvalue weighted by Crippen LogP contribution is -2.14. The molecule has 0 spiro atoms. The Labute approximate surface area is 112 Å². The van der Waals surface area contributed by atoms with Gasteiger partial charge >= 0.3 is 10.4 Å². The summed E-state index contributed by atoms with van der Waals surface area (Å²) in [6.45, 7) is 6.28. The molecule has 1 aromatic carbocycles. The average molecular weight is 291 g/mol. The van der Waals surface area contributed by atoms with Crippen LogP contribution in [-0.2, 0) is 15.8 Å². The Balaban J connectivity index is 0.000000312. The van der Waals surface area contributed by atoms with Gasteiger partial charge in [0.25, 0.3) is 0 Å². The Morgan fingerprint density at radius 2 is 1.84 bits per heavy atom. The molecule has 4 N–H and O–H groups in total. The van der Waals surface area contributed by atoms with Gasteiger partial charge in [-0.15, -0.1) is 0 Å². The third-order valence-corrected chi connectivity index (χ3v) is 3.21. The number of nitrogen functional groups attached to an aromatic ring is 1. The van der Waals surface area contributed by atoms with E-state index in [9.17, 15) is 4.39 Å². The number of hydrogen-bond acceptors (Lipinski definition) is 3. The lowest BCUT2D eigenvalue weighted by molar-refractivity contribution is 0.381. The van der Waals surface area contributed by atoms with Crippen LogP contribution in [0.5, 0.6) is 0 Å². The Hall–Kier alpha value is -1.18. The van der Waals surface area contributed by atoms with Gasteiger partial charge in [-0.1, -0.05) is 20.8 Å². The molecule has 0 fully saturated rings. The van der Waals surface area contributed by atoms with E-state index in [-0.39, 0.29) is 11.2 Å². The van der Waals surface area contributed by atoms with E-state index in [2.05, 4.69) is 20.8 Å². The quantitative estimate of drug-likeness (QED) is 0.503. The number of rotatable bonds is 0. The van der Waals surface area contributed by atoms with E-state index in [0.29, 0.717) is 5.92 Å². The monoisotopic (exact) mass is 291 g/mol. The molecule has 7 heteroatoms. The molecule has 1 aliphatic rings. The number of nitrogens with two attached hydrogens (primary N) is 1. The van der Waals surface area contributed by atoms with Crippen molar-refractivity contribution in [2.75, 3.05) is 5.73 Å². The molecule has 0 radical (unpaired) electrons. The first kappa shape index (κ1) is 15.9. The van der Waals surface area contributed by atoms with Crippen molar-refractivity contribution < 1.29 is 21.9 Å². The highest BCUT2D eigenvalue weighted by Gasteiger charge is 2.38. The van der Waals surface area contributed by atoms with Crippen LogP contribution in [0.4, 0.5) is 10.1 Å². The Kier molecular flexibility index (Phi) is 4.23. The zero-order valence-corrected chi connectivity index (χ0v) is 11.8. The first-order chi connectivity index (χ1) is 8.43. The summed E-state index contributed by atoms with van der Waals surface area (Å²) >= 11 is 0. The third-order valence-electron chi connectivity index (χ3n) is 3.21. The summed E-state index contributed by atoms with van der Waals surface area (Å²) in [5.74, 6) is 0.263. The van der Waals surface area contributed by atoms with Crippen LogP contribution in [0.1, 0.15) is 44.2 Å². The zero-order valence-electron chi connectivity index (χ0n) is 11.0. The molecule has 1 unspecified atom stereocenters. The summed E-state index contributed by atoms with van der Waals surface area (Å²) in [5, 5.41) is 0. The molecule has 0 saturated heterocycles. The predicted molar refractivity (Wildman–Crippen MR) is 71.0 cm³/mol. The van der Waals surface area contributed by atoms with Gasteiger partial charge in [-0.3, -0.25) is 9.11 Å². The van der Waals surface area contributed by atoms with Crippen LogP contribution in [-0.4, -0.2) is 17.5 Å². The van der Waals surface area contributed by atoms with Crippen LogP contribution in [0.25, 0.3) is 0 Å². The molecule has 1 atom stereocenters. The van der Waals surface area contributed by atoms with Crippen LogP contribution in [0, 0.1) is 5.82 Å². The van der Waals surface area contributed by atoms with Crippen molar-refractivity contribution in [3.8, 4) is 0 Å². The number of fused-ring (bicyclic) bond motifs is 1. The standard InChI is InChI=1S/C12H16FN.H2O4S/c1-7-6-12(2,3)11-8(13)4-5-9(14)10(7)11;1-5(2,3)4/h4-5,7H,6,14H2,1-3H3;(H2,1,2,3,4). The summed E-state index contributed by atoms with van der Waals surface area (Å²) in [7, 11) is -4.67. The highest BCUT2D eigenvalue weighted by Crippen LogP contribution is 2.48. The molecule has 19 heavy (non-hydrogen) atoms. The van der Waals surface area contributed by atoms with Gasteiger partial charge < -0.3 is 5.73 Å². The molecule has 108 valence electrons. The fourth-order valence-electron chi connectivity index (χ4n) is 2.80. The molecule has 1 aromatic rings. The second kappa shape index (κ2) is 5.07. The number of anilines is 1. The van der Waals surface area contributed by atoms with Gasteiger partial charge in [-0.25, -0.2) is 4.39 Å². The van der Waals surface area contributed by atoms with E-state index in [1.165, 1.54) is 6.07 Å². The highest BCUT2D eigenvalue weighted by molar-refractivity contribution is 7.79. The fraction of sp³-hybridized carbons (Fsp3) is 0.500. The lowest BCUT2D eigenvalue weighted by atomic mass is 9.86. The predicted octanol–water partition coefficient (Wildman–Crippen LogP) is 2.54. The summed E-state index contributed by atoms with van der Waals surface area (Å²) in [6.07, 6.45) is 0.980. The molecule has 0 aliphatic heterocycles. The molecular formula is C12H18FNO4S. The molecular weight excluding hydrogens is 273 g/mol. The van der Waals surface area contributed by atoms with Gasteiger partial charge in [-0.05, 0) is 41.0 Å². The van der Waals surface area contributed by atoms with E-state index < -0.39 is 10.4 Å². The maximum atomic E-state index is 13.7. The van der Waals surface area contributed by atoms with Crippen molar-refractivity contribution in [1.82, 2.24) is 0 Å². The molecule has 0 aromatic heterocycles. The van der Waals surface area contributed by atoms with Gasteiger partial charge in [0, 0.05) is 5.69 Å². The summed E-state index contributed by atoms with van der Waals surface area (Å²) in [5.41, 5.74) is 8.39. The van der Waals surface area contributed by atoms with Crippen molar-refractivity contribution in [3.05, 3.63) is 29.1 Å². The molecule has 0 amide bonds. The molecule has 0 heterocycles. The van der Waals surface area contributed by atoms with Gasteiger partial charge in [0.05, 0.1) is 0 Å². The zero-order chi connectivity index (χ0) is 15.0. The van der Waals surface area contributed by atoms with Crippen molar-refractivity contribution in [2.24, 2.45) is 0 Å². The number of halogens is 1. The van der Waals surface area contributed by atoms with Gasteiger partial charge in [0.15, 0.2) is 0 Å². The second-order valence-corrected chi connectivity index (χ2v) is 6.26. The van der Waals surface area contributed by atoms with E-state index in [1.54, 1.807) is 6.07 Å². The summed E-state index contributed by atoms with van der Waals surface area (Å²) < 4.78 is 45.3. The second-order valence-electron chi connectivity index (χ2n) is 5.36. The topological polar surface area (TPSA) is 101 Å². The molecule has 0 saturated carbocycles. The van der Waals surface area contributed by atoms with Crippen LogP contribution in [0.2, 0.25) is 0 Å². The maximum Gasteiger partial charge on any atom is 0.394 e. The van der Waals surface area contributed by atoms with Gasteiger partial charge in [0.1, 0.15) is 5.82 Å². The van der Waals surface area contributed by atoms with Crippen molar-refractivity contribution in [3.63, 3.8) is 0 Å². The van der Waals surface area contributed by atoms with Crippen LogP contribution >= 0.6 is 0 Å². The normalized spacial score (nSPS) is 20.4. The highest BCUT2D eigenvalue weighted by atomic mass is 32.3. The van der Waals surface area contributed by atoms with Crippen molar-refractivity contribution in [1.29, 1.82) is 0 Å². The van der Waals surface area contributed by atoms with Gasteiger partial charge in [0.2, 0.25) is 0 Å². The number of benzene rings is 1. The van der Waals surface area contributed by atoms with Crippen LogP contribution in [0.3, 0.4) is 0 Å². The van der Waals surface area contributed by atoms with Gasteiger partial charge in [-0.2, -0.15) is 8.42 Å². The smallest absolute Gasteiger partial charge is 0.394 e. The molecule has 0 bridgehead atoms. The SMILES string of the molecule is CC1CC(C)(C)c2c(F)ccc(N)c21.O=S(=O)(O)O. The first-order valence-electron chi connectivity index (χ1n) is 5.71. The molecule has 5 nitrogen and oxygen atoms in total. The fourth-order valence-corrected chi connectivity index (χ4v) is 2.80. The van der Waals surface area contributed by atoms with Crippen LogP contribution < -0.4 is 5.73 Å². The summed E-state index contributed by atoms with van der Waals surface area (Å²) in [4.78, 5) is 0. The van der Waals surface area contributed by atoms with E-state index in [0.717, 1.165) is 23.2 Å². The van der Waals surface area contributed by atoms with Crippen LogP contribution in [0.15, 0.2) is 12.1 Å². The Morgan fingerprint density at radius 3 is 2.26 bits per heavy atom. The maximum absolute atomic E-state index is 13.7. The average Bonchev–Trinajstić information content (AvgIpc) is 2.41. The molecule has 2 rings (SSSR count). The minimum atomic E-state index is -4.67. The van der Waals surface area contributed by atoms with Crippen molar-refractivity contribution in [2.45, 2.75) is 38.5 Å². The lowest BCUT2D eigenvalue weighted by Gasteiger charge is -2.19. The third kappa shape index (κ3) is 3.89. The van der Waals surface area contributed by atoms with E-state index in [4.69, 9.17) is 23.3 Å². The number of hydrogen-bond donors (Lipinski definition) is 3.